The monoisotopic (exact) mass is 668 g/mol. The van der Waals surface area contributed by atoms with Crippen molar-refractivity contribution in [3.8, 4) is 11.1 Å². The van der Waals surface area contributed by atoms with Crippen molar-refractivity contribution < 1.29 is 49.0 Å². The van der Waals surface area contributed by atoms with Gasteiger partial charge in [0, 0.05) is 0 Å². The van der Waals surface area contributed by atoms with Gasteiger partial charge < -0.3 is 24.8 Å². The average Bonchev–Trinajstić information content (AvgIpc) is 3.59. The van der Waals surface area contributed by atoms with Gasteiger partial charge in [0.05, 0.1) is 0 Å². The molecular formula is C39H40Cl2Zr-2. The van der Waals surface area contributed by atoms with E-state index in [0.29, 0.717) is 5.41 Å². The summed E-state index contributed by atoms with van der Waals surface area (Å²) in [6, 6.07) is 42.4. The van der Waals surface area contributed by atoms with Gasteiger partial charge in [0.2, 0.25) is 0 Å². The molecule has 0 saturated carbocycles. The molecule has 3 heteroatoms. The van der Waals surface area contributed by atoms with Crippen molar-refractivity contribution in [2.45, 2.75) is 59.8 Å². The molecule has 0 atom stereocenters. The van der Waals surface area contributed by atoms with E-state index in [1.807, 2.05) is 0 Å². The quantitative estimate of drug-likeness (QED) is 0.252. The van der Waals surface area contributed by atoms with Crippen LogP contribution in [0.4, 0.5) is 0 Å². The van der Waals surface area contributed by atoms with E-state index in [-0.39, 0.29) is 24.8 Å². The summed E-state index contributed by atoms with van der Waals surface area (Å²) in [6.45, 7) is 13.2. The summed E-state index contributed by atoms with van der Waals surface area (Å²) in [5.41, 5.74) is 14.0. The molecule has 1 aliphatic carbocycles. The molecule has 1 aliphatic rings. The molecule has 0 unspecified atom stereocenters. The van der Waals surface area contributed by atoms with Crippen LogP contribution in [-0.4, -0.2) is 3.21 Å². The third kappa shape index (κ3) is 9.54. The summed E-state index contributed by atoms with van der Waals surface area (Å²) >= 11 is 1.46. The number of rotatable bonds is 3. The third-order valence-corrected chi connectivity index (χ3v) is 8.73. The van der Waals surface area contributed by atoms with E-state index in [0.717, 1.165) is 12.8 Å². The SMILES string of the molecule is CCc1cc(C(C)(C)C)c[cH-]1.Cc1[c-]c2c(cc1)-c1ccc(C)cc1C2.[Cl-].[Cl-].[Zr+2]=[C](c1ccccc1)c1ccccc1. The fourth-order valence-electron chi connectivity index (χ4n) is 4.93. The fourth-order valence-corrected chi connectivity index (χ4v) is 5.74. The van der Waals surface area contributed by atoms with Crippen molar-refractivity contribution in [2.24, 2.45) is 0 Å². The van der Waals surface area contributed by atoms with Crippen LogP contribution in [0.3, 0.4) is 0 Å². The van der Waals surface area contributed by atoms with E-state index < -0.39 is 0 Å². The Bertz CT molecular complexity index is 1470. The normalized spacial score (nSPS) is 10.9. The summed E-state index contributed by atoms with van der Waals surface area (Å²) in [7, 11) is 0. The van der Waals surface area contributed by atoms with Crippen LogP contribution in [-0.2, 0) is 42.5 Å². The third-order valence-electron chi connectivity index (χ3n) is 7.31. The van der Waals surface area contributed by atoms with Crippen molar-refractivity contribution in [1.29, 1.82) is 0 Å². The van der Waals surface area contributed by atoms with Gasteiger partial charge in [-0.15, -0.1) is 11.1 Å². The van der Waals surface area contributed by atoms with Crippen LogP contribution >= 0.6 is 0 Å². The number of hydrogen-bond donors (Lipinski definition) is 0. The minimum absolute atomic E-state index is 0. The first-order chi connectivity index (χ1) is 19.2. The molecule has 216 valence electrons. The molecule has 0 spiro atoms. The van der Waals surface area contributed by atoms with Crippen molar-refractivity contribution in [2.75, 3.05) is 0 Å². The molecule has 42 heavy (non-hydrogen) atoms. The van der Waals surface area contributed by atoms with Crippen molar-refractivity contribution in [1.82, 2.24) is 0 Å². The Balaban J connectivity index is 0.000000218. The standard InChI is InChI=1S/C15H13.C13H10.C11H17.2ClH.Zr/c1-10-3-5-14-12(7-10)9-13-8-11(2)4-6-15(13)14;1-3-7-12(8-4-1)11-13-9-5-2-6-10-13;1-5-9-6-7-10(8-9)11(2,3)4;;;/h3-7H,9H2,1-2H3;1-10H;6-8H,5H2,1-4H3;2*1H;/q-1;;-1;;;+2/p-2. The van der Waals surface area contributed by atoms with E-state index >= 15 is 0 Å². The molecule has 0 amide bonds. The van der Waals surface area contributed by atoms with Gasteiger partial charge in [-0.3, -0.25) is 0 Å². The molecule has 0 fully saturated rings. The number of halogens is 2. The second-order valence-electron chi connectivity index (χ2n) is 11.6. The predicted octanol–water partition coefficient (Wildman–Crippen LogP) is 3.75. The summed E-state index contributed by atoms with van der Waals surface area (Å²) in [5.74, 6) is 0. The maximum atomic E-state index is 3.45. The molecule has 0 aliphatic heterocycles. The molecule has 5 aromatic rings. The Morgan fingerprint density at radius 1 is 0.786 bits per heavy atom. The Hall–Kier alpha value is -2.44. The van der Waals surface area contributed by atoms with Crippen LogP contribution in [0.2, 0.25) is 0 Å². The molecule has 0 aromatic heterocycles. The van der Waals surface area contributed by atoms with Gasteiger partial charge >= 0.3 is 99.2 Å². The molecule has 0 heterocycles. The van der Waals surface area contributed by atoms with Gasteiger partial charge in [-0.1, -0.05) is 75.8 Å². The van der Waals surface area contributed by atoms with Crippen LogP contribution < -0.4 is 24.8 Å². The van der Waals surface area contributed by atoms with E-state index in [9.17, 15) is 0 Å². The number of hydrogen-bond acceptors (Lipinski definition) is 0. The Kier molecular flexibility index (Phi) is 14.0. The van der Waals surface area contributed by atoms with Crippen molar-refractivity contribution >= 4 is 3.21 Å². The van der Waals surface area contributed by atoms with Crippen LogP contribution in [0.1, 0.15) is 72.2 Å². The zero-order chi connectivity index (χ0) is 28.7. The topological polar surface area (TPSA) is 0 Å². The zero-order valence-electron chi connectivity index (χ0n) is 25.6. The maximum absolute atomic E-state index is 3.45. The first-order valence-electron chi connectivity index (χ1n) is 14.2. The number of aryl methyl sites for hydroxylation is 3. The van der Waals surface area contributed by atoms with Gasteiger partial charge in [-0.2, -0.15) is 47.0 Å². The van der Waals surface area contributed by atoms with Gasteiger partial charge in [-0.05, 0) is 18.9 Å². The van der Waals surface area contributed by atoms with Crippen LogP contribution in [0.25, 0.3) is 11.1 Å². The fraction of sp³-hybridized carbons (Fsp3) is 0.231. The molecule has 0 radical (unpaired) electrons. The number of fused-ring (bicyclic) bond motifs is 3. The van der Waals surface area contributed by atoms with Crippen LogP contribution in [0.15, 0.2) is 109 Å². The Morgan fingerprint density at radius 3 is 1.86 bits per heavy atom. The summed E-state index contributed by atoms with van der Waals surface area (Å²) in [4.78, 5) is 0. The first kappa shape index (κ1) is 35.8. The van der Waals surface area contributed by atoms with Gasteiger partial charge in [0.25, 0.3) is 0 Å². The Labute approximate surface area is 281 Å². The summed E-state index contributed by atoms with van der Waals surface area (Å²) in [5, 5.41) is 0. The zero-order valence-corrected chi connectivity index (χ0v) is 29.5. The van der Waals surface area contributed by atoms with Crippen LogP contribution in [0.5, 0.6) is 0 Å². The van der Waals surface area contributed by atoms with E-state index in [2.05, 4.69) is 157 Å². The minimum atomic E-state index is 0. The molecular weight excluding hydrogens is 631 g/mol. The van der Waals surface area contributed by atoms with Crippen molar-refractivity contribution in [3.63, 3.8) is 0 Å². The summed E-state index contributed by atoms with van der Waals surface area (Å²) in [6.07, 6.45) is 2.20. The molecule has 6 rings (SSSR count). The molecule has 0 nitrogen and oxygen atoms in total. The van der Waals surface area contributed by atoms with E-state index in [1.54, 1.807) is 0 Å². The molecule has 0 N–H and O–H groups in total. The molecule has 0 saturated heterocycles. The van der Waals surface area contributed by atoms with Gasteiger partial charge in [0.1, 0.15) is 0 Å². The van der Waals surface area contributed by atoms with Crippen molar-refractivity contribution in [3.05, 3.63) is 160 Å². The second-order valence-corrected chi connectivity index (χ2v) is 12.8. The Morgan fingerprint density at radius 2 is 1.36 bits per heavy atom. The second kappa shape index (κ2) is 16.4. The first-order valence-corrected chi connectivity index (χ1v) is 15.5. The van der Waals surface area contributed by atoms with E-state index in [4.69, 9.17) is 0 Å². The van der Waals surface area contributed by atoms with E-state index in [1.165, 1.54) is 83.1 Å². The van der Waals surface area contributed by atoms with Gasteiger partial charge in [0.15, 0.2) is 0 Å². The number of benzene rings is 4. The van der Waals surface area contributed by atoms with Crippen LogP contribution in [0, 0.1) is 19.9 Å². The molecule has 5 aromatic carbocycles. The summed E-state index contributed by atoms with van der Waals surface area (Å²) < 4.78 is 1.42. The average molecular weight is 671 g/mol. The predicted molar refractivity (Wildman–Crippen MR) is 169 cm³/mol. The molecule has 0 bridgehead atoms. The van der Waals surface area contributed by atoms with Gasteiger partial charge in [-0.25, -0.2) is 6.07 Å².